The highest BCUT2D eigenvalue weighted by Gasteiger charge is 2.53. The Kier molecular flexibility index (Phi) is 2.90. The van der Waals surface area contributed by atoms with Crippen LogP contribution in [0.4, 0.5) is 0 Å². The van der Waals surface area contributed by atoms with E-state index in [2.05, 4.69) is 26.5 Å². The zero-order valence-corrected chi connectivity index (χ0v) is 12.0. The second-order valence-corrected chi connectivity index (χ2v) is 6.37. The minimum absolute atomic E-state index is 0.171. The Morgan fingerprint density at radius 3 is 3.00 bits per heavy atom. The van der Waals surface area contributed by atoms with E-state index in [4.69, 9.17) is 4.74 Å². The lowest BCUT2D eigenvalue weighted by Crippen LogP contribution is -2.44. The molecule has 2 nitrogen and oxygen atoms in total. The quantitative estimate of drug-likeness (QED) is 0.764. The number of ether oxygens (including phenoxy) is 1. The Morgan fingerprint density at radius 2 is 2.32 bits per heavy atom. The molecule has 0 radical (unpaired) electrons. The minimum atomic E-state index is -0.775. The average Bonchev–Trinajstić information content (AvgIpc) is 2.71. The van der Waals surface area contributed by atoms with Gasteiger partial charge in [0.25, 0.3) is 0 Å². The Labute approximate surface area is 115 Å². The van der Waals surface area contributed by atoms with Crippen molar-refractivity contribution in [1.82, 2.24) is 0 Å². The van der Waals surface area contributed by atoms with Gasteiger partial charge in [0.05, 0.1) is 17.5 Å². The monoisotopic (exact) mass is 260 g/mol. The van der Waals surface area contributed by atoms with Gasteiger partial charge in [-0.25, -0.2) is 0 Å². The van der Waals surface area contributed by atoms with Crippen molar-refractivity contribution in [2.75, 3.05) is 0 Å². The second-order valence-electron chi connectivity index (χ2n) is 6.37. The van der Waals surface area contributed by atoms with Crippen LogP contribution < -0.4 is 0 Å². The van der Waals surface area contributed by atoms with Crippen molar-refractivity contribution in [1.29, 1.82) is 0 Å². The largest absolute Gasteiger partial charge is 0.494 e. The van der Waals surface area contributed by atoms with Crippen LogP contribution in [0, 0.1) is 5.41 Å². The smallest absolute Gasteiger partial charge is 0.0999 e. The number of fused-ring (bicyclic) bond motifs is 2. The SMILES string of the molecule is C=CC1(O)CC=C2C3=C(CCC21C)OC(CC)CC3. The standard InChI is InChI=1S/C17H24O2/c1-4-12-6-7-13-14-8-11-17(18,5-2)16(14,3)10-9-15(13)19-12/h5,8,12,18H,2,4,6-7,9-11H2,1,3H3. The third kappa shape index (κ3) is 1.66. The van der Waals surface area contributed by atoms with Gasteiger partial charge < -0.3 is 9.84 Å². The fourth-order valence-corrected chi connectivity index (χ4v) is 3.98. The van der Waals surface area contributed by atoms with E-state index in [1.54, 1.807) is 6.08 Å². The van der Waals surface area contributed by atoms with Crippen molar-refractivity contribution in [2.45, 2.75) is 64.1 Å². The average molecular weight is 260 g/mol. The molecule has 19 heavy (non-hydrogen) atoms. The maximum Gasteiger partial charge on any atom is 0.0999 e. The molecule has 1 heterocycles. The summed E-state index contributed by atoms with van der Waals surface area (Å²) in [6, 6.07) is 0. The maximum atomic E-state index is 10.8. The van der Waals surface area contributed by atoms with Gasteiger partial charge in [-0.1, -0.05) is 26.0 Å². The van der Waals surface area contributed by atoms with Gasteiger partial charge in [-0.3, -0.25) is 0 Å². The first kappa shape index (κ1) is 13.0. The molecule has 0 aromatic heterocycles. The molecule has 0 amide bonds. The summed E-state index contributed by atoms with van der Waals surface area (Å²) in [5.74, 6) is 1.19. The lowest BCUT2D eigenvalue weighted by atomic mass is 9.63. The van der Waals surface area contributed by atoms with E-state index in [0.717, 1.165) is 32.1 Å². The first-order chi connectivity index (χ1) is 9.04. The first-order valence-corrected chi connectivity index (χ1v) is 7.50. The van der Waals surface area contributed by atoms with Crippen LogP contribution in [0.3, 0.4) is 0 Å². The number of rotatable bonds is 2. The molecule has 0 aromatic carbocycles. The van der Waals surface area contributed by atoms with Crippen molar-refractivity contribution in [3.8, 4) is 0 Å². The molecule has 2 aliphatic carbocycles. The summed E-state index contributed by atoms with van der Waals surface area (Å²) in [5, 5.41) is 10.8. The molecule has 1 aliphatic heterocycles. The van der Waals surface area contributed by atoms with Crippen LogP contribution in [-0.2, 0) is 4.74 Å². The molecular weight excluding hydrogens is 236 g/mol. The minimum Gasteiger partial charge on any atom is -0.494 e. The van der Waals surface area contributed by atoms with Crippen molar-refractivity contribution in [3.63, 3.8) is 0 Å². The molecule has 3 rings (SSSR count). The van der Waals surface area contributed by atoms with Crippen LogP contribution in [0.15, 0.2) is 35.6 Å². The molecule has 0 aromatic rings. The molecule has 0 bridgehead atoms. The van der Waals surface area contributed by atoms with Gasteiger partial charge in [-0.15, -0.1) is 6.58 Å². The summed E-state index contributed by atoms with van der Waals surface area (Å²) >= 11 is 0. The predicted molar refractivity (Wildman–Crippen MR) is 76.6 cm³/mol. The van der Waals surface area contributed by atoms with Crippen LogP contribution in [0.5, 0.6) is 0 Å². The maximum absolute atomic E-state index is 10.8. The third-order valence-electron chi connectivity index (χ3n) is 5.50. The van der Waals surface area contributed by atoms with Gasteiger partial charge in [0.1, 0.15) is 0 Å². The van der Waals surface area contributed by atoms with Crippen LogP contribution >= 0.6 is 0 Å². The first-order valence-electron chi connectivity index (χ1n) is 7.50. The van der Waals surface area contributed by atoms with E-state index >= 15 is 0 Å². The second kappa shape index (κ2) is 4.24. The lowest BCUT2D eigenvalue weighted by Gasteiger charge is -2.45. The molecule has 3 unspecified atom stereocenters. The fraction of sp³-hybridized carbons (Fsp3) is 0.647. The Bertz CT molecular complexity index is 474. The van der Waals surface area contributed by atoms with Crippen molar-refractivity contribution < 1.29 is 9.84 Å². The van der Waals surface area contributed by atoms with Gasteiger partial charge in [0, 0.05) is 11.8 Å². The highest BCUT2D eigenvalue weighted by molar-refractivity contribution is 5.49. The Hall–Kier alpha value is -1.02. The summed E-state index contributed by atoms with van der Waals surface area (Å²) in [6.45, 7) is 8.22. The van der Waals surface area contributed by atoms with Crippen LogP contribution in [-0.4, -0.2) is 16.8 Å². The molecule has 3 aliphatic rings. The molecule has 0 fully saturated rings. The summed E-state index contributed by atoms with van der Waals surface area (Å²) in [6.07, 6.45) is 10.2. The fourth-order valence-electron chi connectivity index (χ4n) is 3.98. The van der Waals surface area contributed by atoms with Gasteiger partial charge in [-0.2, -0.15) is 0 Å². The van der Waals surface area contributed by atoms with Crippen LogP contribution in [0.25, 0.3) is 0 Å². The topological polar surface area (TPSA) is 29.5 Å². The molecule has 2 heteroatoms. The molecule has 0 saturated heterocycles. The number of hydrogen-bond donors (Lipinski definition) is 1. The molecule has 0 spiro atoms. The molecule has 0 saturated carbocycles. The molecule has 104 valence electrons. The molecular formula is C17H24O2. The van der Waals surface area contributed by atoms with Gasteiger partial charge >= 0.3 is 0 Å². The van der Waals surface area contributed by atoms with Crippen LogP contribution in [0.2, 0.25) is 0 Å². The van der Waals surface area contributed by atoms with Crippen molar-refractivity contribution >= 4 is 0 Å². The van der Waals surface area contributed by atoms with Gasteiger partial charge in [0.2, 0.25) is 0 Å². The van der Waals surface area contributed by atoms with E-state index < -0.39 is 5.60 Å². The van der Waals surface area contributed by atoms with E-state index in [1.165, 1.54) is 16.9 Å². The van der Waals surface area contributed by atoms with Crippen molar-refractivity contribution in [2.24, 2.45) is 5.41 Å². The van der Waals surface area contributed by atoms with Crippen molar-refractivity contribution in [3.05, 3.63) is 35.6 Å². The molecule has 3 atom stereocenters. The van der Waals surface area contributed by atoms with E-state index in [1.807, 2.05) is 0 Å². The number of hydrogen-bond acceptors (Lipinski definition) is 2. The van der Waals surface area contributed by atoms with Gasteiger partial charge in [-0.05, 0) is 43.3 Å². The van der Waals surface area contributed by atoms with E-state index in [9.17, 15) is 5.11 Å². The Balaban J connectivity index is 1.97. The van der Waals surface area contributed by atoms with Crippen LogP contribution in [0.1, 0.15) is 52.4 Å². The third-order valence-corrected chi connectivity index (χ3v) is 5.50. The van der Waals surface area contributed by atoms with E-state index in [0.29, 0.717) is 12.5 Å². The summed E-state index contributed by atoms with van der Waals surface area (Å²) in [5.41, 5.74) is 1.75. The highest BCUT2D eigenvalue weighted by Crippen LogP contribution is 2.58. The summed E-state index contributed by atoms with van der Waals surface area (Å²) in [4.78, 5) is 0. The normalized spacial score (nSPS) is 41.2. The molecule has 1 N–H and O–H groups in total. The predicted octanol–water partition coefficient (Wildman–Crippen LogP) is 3.88. The van der Waals surface area contributed by atoms with E-state index in [-0.39, 0.29) is 5.41 Å². The Morgan fingerprint density at radius 1 is 1.53 bits per heavy atom. The summed E-state index contributed by atoms with van der Waals surface area (Å²) in [7, 11) is 0. The van der Waals surface area contributed by atoms with Gasteiger partial charge in [0.15, 0.2) is 0 Å². The number of allylic oxidation sites excluding steroid dienone is 2. The number of aliphatic hydroxyl groups is 1. The zero-order chi connectivity index (χ0) is 13.7. The highest BCUT2D eigenvalue weighted by atomic mass is 16.5. The summed E-state index contributed by atoms with van der Waals surface area (Å²) < 4.78 is 6.13. The zero-order valence-electron chi connectivity index (χ0n) is 12.0. The lowest BCUT2D eigenvalue weighted by molar-refractivity contribution is -0.0132.